The third-order valence-electron chi connectivity index (χ3n) is 3.63. The van der Waals surface area contributed by atoms with Gasteiger partial charge >= 0.3 is 6.03 Å². The van der Waals surface area contributed by atoms with E-state index >= 15 is 0 Å². The lowest BCUT2D eigenvalue weighted by Gasteiger charge is -2.13. The van der Waals surface area contributed by atoms with E-state index in [9.17, 15) is 9.59 Å². The van der Waals surface area contributed by atoms with Crippen molar-refractivity contribution in [2.75, 3.05) is 20.8 Å². The van der Waals surface area contributed by atoms with Crippen LogP contribution in [0.5, 0.6) is 0 Å². The summed E-state index contributed by atoms with van der Waals surface area (Å²) in [7, 11) is 3.09. The second-order valence-corrected chi connectivity index (χ2v) is 6.84. The van der Waals surface area contributed by atoms with Gasteiger partial charge in [-0.1, -0.05) is 42.1 Å². The van der Waals surface area contributed by atoms with Gasteiger partial charge in [0.2, 0.25) is 5.91 Å². The highest BCUT2D eigenvalue weighted by Gasteiger charge is 2.21. The molecule has 0 bridgehead atoms. The first-order valence-corrected chi connectivity index (χ1v) is 9.07. The molecule has 0 unspecified atom stereocenters. The number of aromatic nitrogens is 3. The fourth-order valence-electron chi connectivity index (χ4n) is 2.21. The number of nitrogens with one attached hydrogen (secondary N) is 2. The minimum atomic E-state index is -0.534. The van der Waals surface area contributed by atoms with Gasteiger partial charge in [0.05, 0.1) is 11.9 Å². The maximum absolute atomic E-state index is 12.1. The van der Waals surface area contributed by atoms with Gasteiger partial charge in [-0.25, -0.2) is 4.79 Å². The number of imide groups is 1. The molecule has 1 heterocycles. The minimum Gasteiger partial charge on any atom is -0.383 e. The highest BCUT2D eigenvalue weighted by atomic mass is 32.2. The standard InChI is InChI=1S/C17H23N5O3S/c1-12(15(23)19-16(24)18-2)26-17-21-20-14(22(17)9-10-25-3)11-13-7-5-4-6-8-13/h4-8,12H,9-11H2,1-3H3,(H2,18,19,23,24)/t12-/m1/s1. The molecule has 0 spiro atoms. The first-order valence-electron chi connectivity index (χ1n) is 8.19. The topological polar surface area (TPSA) is 98.1 Å². The average molecular weight is 377 g/mol. The van der Waals surface area contributed by atoms with Crippen LogP contribution >= 0.6 is 11.8 Å². The predicted molar refractivity (Wildman–Crippen MR) is 99.1 cm³/mol. The van der Waals surface area contributed by atoms with Gasteiger partial charge in [0.15, 0.2) is 5.16 Å². The summed E-state index contributed by atoms with van der Waals surface area (Å²) in [4.78, 5) is 23.4. The van der Waals surface area contributed by atoms with E-state index in [2.05, 4.69) is 20.8 Å². The SMILES string of the molecule is CNC(=O)NC(=O)[C@@H](C)Sc1nnc(Cc2ccccc2)n1CCOC. The molecule has 2 N–H and O–H groups in total. The van der Waals surface area contributed by atoms with Crippen LogP contribution in [0.1, 0.15) is 18.3 Å². The number of rotatable bonds is 8. The van der Waals surface area contributed by atoms with Crippen LogP contribution in [0.2, 0.25) is 0 Å². The summed E-state index contributed by atoms with van der Waals surface area (Å²) in [6, 6.07) is 9.45. The Kier molecular flexibility index (Phi) is 7.61. The van der Waals surface area contributed by atoms with E-state index in [1.165, 1.54) is 18.8 Å². The van der Waals surface area contributed by atoms with Crippen LogP contribution in [-0.4, -0.2) is 52.7 Å². The summed E-state index contributed by atoms with van der Waals surface area (Å²) < 4.78 is 7.13. The van der Waals surface area contributed by atoms with Crippen molar-refractivity contribution in [2.45, 2.75) is 30.3 Å². The van der Waals surface area contributed by atoms with Gasteiger partial charge in [0.25, 0.3) is 0 Å². The lowest BCUT2D eigenvalue weighted by atomic mass is 10.1. The summed E-state index contributed by atoms with van der Waals surface area (Å²) in [6.45, 7) is 2.80. The summed E-state index contributed by atoms with van der Waals surface area (Å²) in [5.74, 6) is 0.412. The highest BCUT2D eigenvalue weighted by molar-refractivity contribution is 8.00. The van der Waals surface area contributed by atoms with E-state index in [-0.39, 0.29) is 5.91 Å². The van der Waals surface area contributed by atoms with Crippen molar-refractivity contribution in [2.24, 2.45) is 0 Å². The molecule has 0 radical (unpaired) electrons. The molecule has 2 aromatic rings. The van der Waals surface area contributed by atoms with Crippen LogP contribution in [0.4, 0.5) is 4.79 Å². The molecule has 0 aliphatic heterocycles. The molecule has 0 saturated heterocycles. The van der Waals surface area contributed by atoms with Crippen molar-refractivity contribution < 1.29 is 14.3 Å². The molecule has 0 aliphatic carbocycles. The Labute approximate surface area is 156 Å². The molecule has 26 heavy (non-hydrogen) atoms. The Balaban J connectivity index is 2.14. The normalized spacial score (nSPS) is 11.8. The van der Waals surface area contributed by atoms with Crippen molar-refractivity contribution in [1.82, 2.24) is 25.4 Å². The third-order valence-corrected chi connectivity index (χ3v) is 4.71. The van der Waals surface area contributed by atoms with Crippen LogP contribution in [-0.2, 0) is 22.5 Å². The van der Waals surface area contributed by atoms with Gasteiger partial charge in [0.1, 0.15) is 5.82 Å². The predicted octanol–water partition coefficient (Wildman–Crippen LogP) is 1.45. The van der Waals surface area contributed by atoms with Crippen LogP contribution in [0, 0.1) is 0 Å². The Morgan fingerprint density at radius 3 is 2.65 bits per heavy atom. The van der Waals surface area contributed by atoms with E-state index in [1.807, 2.05) is 34.9 Å². The van der Waals surface area contributed by atoms with Crippen molar-refractivity contribution in [1.29, 1.82) is 0 Å². The maximum atomic E-state index is 12.1. The number of urea groups is 1. The number of ether oxygens (including phenoxy) is 1. The largest absolute Gasteiger partial charge is 0.383 e. The molecule has 1 aromatic carbocycles. The number of carbonyl (C=O) groups excluding carboxylic acids is 2. The van der Waals surface area contributed by atoms with E-state index in [0.717, 1.165) is 11.4 Å². The lowest BCUT2D eigenvalue weighted by Crippen LogP contribution is -2.41. The molecule has 3 amide bonds. The fourth-order valence-corrected chi connectivity index (χ4v) is 3.10. The van der Waals surface area contributed by atoms with Crippen LogP contribution in [0.3, 0.4) is 0 Å². The smallest absolute Gasteiger partial charge is 0.321 e. The molecule has 2 rings (SSSR count). The number of methoxy groups -OCH3 is 1. The monoisotopic (exact) mass is 377 g/mol. The number of nitrogens with zero attached hydrogens (tertiary/aromatic N) is 3. The van der Waals surface area contributed by atoms with Crippen LogP contribution < -0.4 is 10.6 Å². The summed E-state index contributed by atoms with van der Waals surface area (Å²) in [6.07, 6.45) is 0.636. The van der Waals surface area contributed by atoms with Crippen molar-refractivity contribution in [3.63, 3.8) is 0 Å². The summed E-state index contributed by atoms with van der Waals surface area (Å²) in [5, 5.41) is 13.2. The molecule has 8 nitrogen and oxygen atoms in total. The van der Waals surface area contributed by atoms with Crippen molar-refractivity contribution >= 4 is 23.7 Å². The van der Waals surface area contributed by atoms with Gasteiger partial charge in [-0.15, -0.1) is 10.2 Å². The van der Waals surface area contributed by atoms with Gasteiger partial charge in [-0.05, 0) is 12.5 Å². The molecular weight excluding hydrogens is 354 g/mol. The lowest BCUT2D eigenvalue weighted by molar-refractivity contribution is -0.119. The number of carbonyl (C=O) groups is 2. The fraction of sp³-hybridized carbons (Fsp3) is 0.412. The number of hydrogen-bond donors (Lipinski definition) is 2. The zero-order valence-corrected chi connectivity index (χ0v) is 15.9. The Hall–Kier alpha value is -2.39. The number of benzene rings is 1. The molecule has 9 heteroatoms. The summed E-state index contributed by atoms with van der Waals surface area (Å²) >= 11 is 1.25. The molecule has 140 valence electrons. The maximum Gasteiger partial charge on any atom is 0.321 e. The van der Waals surface area contributed by atoms with Crippen molar-refractivity contribution in [3.8, 4) is 0 Å². The first kappa shape index (κ1) is 19.9. The molecule has 0 fully saturated rings. The van der Waals surface area contributed by atoms with E-state index in [1.54, 1.807) is 14.0 Å². The Morgan fingerprint density at radius 2 is 2.00 bits per heavy atom. The quantitative estimate of drug-likeness (QED) is 0.676. The third kappa shape index (κ3) is 5.57. The van der Waals surface area contributed by atoms with Gasteiger partial charge in [-0.3, -0.25) is 10.1 Å². The van der Waals surface area contributed by atoms with E-state index < -0.39 is 11.3 Å². The minimum absolute atomic E-state index is 0.389. The highest BCUT2D eigenvalue weighted by Crippen LogP contribution is 2.23. The second-order valence-electron chi connectivity index (χ2n) is 5.53. The molecule has 1 aromatic heterocycles. The van der Waals surface area contributed by atoms with Gasteiger partial charge < -0.3 is 14.6 Å². The second kappa shape index (κ2) is 9.93. The average Bonchev–Trinajstić information content (AvgIpc) is 3.01. The Morgan fingerprint density at radius 1 is 1.27 bits per heavy atom. The summed E-state index contributed by atoms with van der Waals surface area (Å²) in [5.41, 5.74) is 1.13. The van der Waals surface area contributed by atoms with E-state index in [0.29, 0.717) is 24.7 Å². The zero-order chi connectivity index (χ0) is 18.9. The van der Waals surface area contributed by atoms with E-state index in [4.69, 9.17) is 4.74 Å². The number of amides is 3. The van der Waals surface area contributed by atoms with Crippen LogP contribution in [0.25, 0.3) is 0 Å². The van der Waals surface area contributed by atoms with Gasteiger partial charge in [-0.2, -0.15) is 0 Å². The first-order chi connectivity index (χ1) is 12.5. The molecule has 1 atom stereocenters. The molecule has 0 saturated carbocycles. The number of hydrogen-bond acceptors (Lipinski definition) is 6. The zero-order valence-electron chi connectivity index (χ0n) is 15.1. The Bertz CT molecular complexity index is 735. The van der Waals surface area contributed by atoms with Crippen molar-refractivity contribution in [3.05, 3.63) is 41.7 Å². The molecular formula is C17H23N5O3S. The van der Waals surface area contributed by atoms with Gasteiger partial charge in [0, 0.05) is 27.1 Å². The van der Waals surface area contributed by atoms with Crippen LogP contribution in [0.15, 0.2) is 35.5 Å². The molecule has 0 aliphatic rings. The number of thioether (sulfide) groups is 1.